The Morgan fingerprint density at radius 3 is 2.67 bits per heavy atom. The van der Waals surface area contributed by atoms with E-state index in [1.54, 1.807) is 6.07 Å². The summed E-state index contributed by atoms with van der Waals surface area (Å²) in [5.41, 5.74) is 7.84. The van der Waals surface area contributed by atoms with Gasteiger partial charge in [-0.05, 0) is 43.7 Å². The number of nitrogens with two attached hydrogens (primary N) is 1. The summed E-state index contributed by atoms with van der Waals surface area (Å²) >= 11 is 0. The zero-order valence-corrected chi connectivity index (χ0v) is 18.2. The normalized spacial score (nSPS) is 12.8. The number of hydrogen-bond donors (Lipinski definition) is 1. The van der Waals surface area contributed by atoms with Crippen LogP contribution in [-0.2, 0) is 6.18 Å². The van der Waals surface area contributed by atoms with E-state index in [9.17, 15) is 13.2 Å². The van der Waals surface area contributed by atoms with Crippen molar-refractivity contribution in [1.29, 1.82) is 0 Å². The lowest BCUT2D eigenvalue weighted by molar-refractivity contribution is -0.141. The number of halogens is 3. The Hall–Kier alpha value is -3.53. The molecule has 0 aliphatic carbocycles. The van der Waals surface area contributed by atoms with E-state index in [2.05, 4.69) is 22.0 Å². The van der Waals surface area contributed by atoms with Crippen molar-refractivity contribution in [3.8, 4) is 23.0 Å². The van der Waals surface area contributed by atoms with Crippen molar-refractivity contribution in [3.63, 3.8) is 0 Å². The maximum Gasteiger partial charge on any atom is 0.433 e. The Morgan fingerprint density at radius 1 is 1.12 bits per heavy atom. The Bertz CT molecular complexity index is 1270. The van der Waals surface area contributed by atoms with Crippen LogP contribution in [-0.4, -0.2) is 31.3 Å². The molecule has 0 spiro atoms. The van der Waals surface area contributed by atoms with Gasteiger partial charge in [0.05, 0.1) is 35.1 Å². The summed E-state index contributed by atoms with van der Waals surface area (Å²) in [6.07, 6.45) is -0.270. The predicted molar refractivity (Wildman–Crippen MR) is 118 cm³/mol. The maximum atomic E-state index is 13.2. The monoisotopic (exact) mass is 456 g/mol. The fourth-order valence-electron chi connectivity index (χ4n) is 3.56. The molecule has 10 heteroatoms. The molecule has 4 rings (SSSR count). The lowest BCUT2D eigenvalue weighted by atomic mass is 10.1. The van der Waals surface area contributed by atoms with Crippen LogP contribution in [0.25, 0.3) is 28.1 Å². The summed E-state index contributed by atoms with van der Waals surface area (Å²) in [4.78, 5) is 12.4. The van der Waals surface area contributed by atoms with Gasteiger partial charge in [0.2, 0.25) is 0 Å². The molecule has 3 aromatic heterocycles. The first kappa shape index (κ1) is 22.7. The van der Waals surface area contributed by atoms with E-state index >= 15 is 0 Å². The van der Waals surface area contributed by atoms with Gasteiger partial charge in [-0.1, -0.05) is 19.4 Å². The molecule has 0 saturated carbocycles. The first-order valence-corrected chi connectivity index (χ1v) is 10.6. The highest BCUT2D eigenvalue weighted by molar-refractivity contribution is 5.90. The molecular weight excluding hydrogens is 433 g/mol. The van der Waals surface area contributed by atoms with Crippen LogP contribution in [0, 0.1) is 0 Å². The van der Waals surface area contributed by atoms with Gasteiger partial charge in [0.15, 0.2) is 0 Å². The number of nitrogens with zero attached hydrogens (tertiary/aromatic N) is 5. The number of pyridine rings is 1. The second kappa shape index (κ2) is 9.14. The molecule has 0 saturated heterocycles. The summed E-state index contributed by atoms with van der Waals surface area (Å²) in [7, 11) is 0. The van der Waals surface area contributed by atoms with Gasteiger partial charge in [-0.2, -0.15) is 23.0 Å². The van der Waals surface area contributed by atoms with Crippen LogP contribution < -0.4 is 10.5 Å². The van der Waals surface area contributed by atoms with Gasteiger partial charge in [0, 0.05) is 17.8 Å². The number of aromatic nitrogens is 5. The van der Waals surface area contributed by atoms with Crippen LogP contribution in [0.15, 0.2) is 48.8 Å². The summed E-state index contributed by atoms with van der Waals surface area (Å²) in [6, 6.07) is 9.86. The van der Waals surface area contributed by atoms with Crippen molar-refractivity contribution < 1.29 is 17.9 Å². The molecule has 2 N–H and O–H groups in total. The molecule has 3 heterocycles. The lowest BCUT2D eigenvalue weighted by Gasteiger charge is -2.13. The fourth-order valence-corrected chi connectivity index (χ4v) is 3.56. The lowest BCUT2D eigenvalue weighted by Crippen LogP contribution is -2.12. The van der Waals surface area contributed by atoms with Gasteiger partial charge in [0.1, 0.15) is 11.4 Å². The average molecular weight is 456 g/mol. The van der Waals surface area contributed by atoms with E-state index < -0.39 is 11.9 Å². The van der Waals surface area contributed by atoms with E-state index in [0.29, 0.717) is 34.5 Å². The van der Waals surface area contributed by atoms with E-state index in [-0.39, 0.29) is 12.0 Å². The van der Waals surface area contributed by atoms with Crippen molar-refractivity contribution in [2.24, 2.45) is 5.73 Å². The Balaban J connectivity index is 1.87. The number of fused-ring (bicyclic) bond motifs is 1. The second-order valence-electron chi connectivity index (χ2n) is 7.48. The molecule has 172 valence electrons. The third kappa shape index (κ3) is 4.65. The molecule has 4 aromatic rings. The highest BCUT2D eigenvalue weighted by Crippen LogP contribution is 2.34. The largest absolute Gasteiger partial charge is 0.493 e. The molecule has 0 radical (unpaired) electrons. The number of hydrogen-bond acceptors (Lipinski definition) is 6. The highest BCUT2D eigenvalue weighted by Gasteiger charge is 2.33. The van der Waals surface area contributed by atoms with Crippen molar-refractivity contribution in [2.45, 2.75) is 38.9 Å². The molecule has 0 amide bonds. The third-order valence-electron chi connectivity index (χ3n) is 5.12. The summed E-state index contributed by atoms with van der Waals surface area (Å²) in [6.45, 7) is 4.31. The molecule has 0 fully saturated rings. The quantitative estimate of drug-likeness (QED) is 0.416. The number of benzene rings is 1. The second-order valence-corrected chi connectivity index (χ2v) is 7.48. The highest BCUT2D eigenvalue weighted by atomic mass is 19.4. The Labute approximate surface area is 188 Å². The van der Waals surface area contributed by atoms with Gasteiger partial charge < -0.3 is 10.5 Å². The minimum Gasteiger partial charge on any atom is -0.493 e. The van der Waals surface area contributed by atoms with E-state index in [4.69, 9.17) is 15.5 Å². The van der Waals surface area contributed by atoms with Gasteiger partial charge >= 0.3 is 6.18 Å². The minimum atomic E-state index is -4.59. The molecule has 0 bridgehead atoms. The topological polar surface area (TPSA) is 91.7 Å². The van der Waals surface area contributed by atoms with Crippen molar-refractivity contribution >= 4 is 10.9 Å². The van der Waals surface area contributed by atoms with E-state index in [1.165, 1.54) is 10.9 Å². The average Bonchev–Trinajstić information content (AvgIpc) is 3.23. The summed E-state index contributed by atoms with van der Waals surface area (Å²) in [5, 5.41) is 4.87. The smallest absolute Gasteiger partial charge is 0.433 e. The number of ether oxygens (including phenoxy) is 1. The van der Waals surface area contributed by atoms with Crippen molar-refractivity contribution in [1.82, 2.24) is 24.7 Å². The first-order chi connectivity index (χ1) is 15.8. The van der Waals surface area contributed by atoms with Crippen LogP contribution >= 0.6 is 0 Å². The number of rotatable bonds is 7. The van der Waals surface area contributed by atoms with Gasteiger partial charge in [-0.25, -0.2) is 9.97 Å². The molecule has 1 aromatic carbocycles. The molecule has 33 heavy (non-hydrogen) atoms. The van der Waals surface area contributed by atoms with Crippen molar-refractivity contribution in [3.05, 3.63) is 60.2 Å². The number of alkyl halides is 3. The van der Waals surface area contributed by atoms with Crippen LogP contribution in [0.5, 0.6) is 5.75 Å². The molecule has 0 aliphatic rings. The van der Waals surface area contributed by atoms with E-state index in [1.807, 2.05) is 31.2 Å². The molecule has 0 aliphatic heterocycles. The molecule has 1 atom stereocenters. The predicted octanol–water partition coefficient (Wildman–Crippen LogP) is 5.09. The van der Waals surface area contributed by atoms with Crippen LogP contribution in [0.2, 0.25) is 0 Å². The third-order valence-corrected chi connectivity index (χ3v) is 5.12. The zero-order chi connectivity index (χ0) is 23.6. The van der Waals surface area contributed by atoms with Gasteiger partial charge in [-0.15, -0.1) is 0 Å². The summed E-state index contributed by atoms with van der Waals surface area (Å²) in [5.74, 6) is 0.347. The van der Waals surface area contributed by atoms with Crippen LogP contribution in [0.4, 0.5) is 13.2 Å². The Kier molecular flexibility index (Phi) is 6.28. The standard InChI is InChI=1S/C23H23F3N6O/c1-3-6-16(27)18-8-5-7-17(30-18)14-11-19-15(20(12-14)33-4-2)13-29-32(19)22-28-10-9-21(31-22)23(24,25)26/h5,7-13,16H,3-4,6,27H2,1-2H3. The molecular formula is C23H23F3N6O. The van der Waals surface area contributed by atoms with Crippen LogP contribution in [0.1, 0.15) is 44.1 Å². The zero-order valence-electron chi connectivity index (χ0n) is 18.2. The first-order valence-electron chi connectivity index (χ1n) is 10.6. The molecule has 1 unspecified atom stereocenters. The van der Waals surface area contributed by atoms with Crippen LogP contribution in [0.3, 0.4) is 0 Å². The SMILES string of the molecule is CCCC(N)c1cccc(-c2cc(OCC)c3cnn(-c4nccc(C(F)(F)F)n4)c3c2)n1. The fraction of sp³-hybridized carbons (Fsp3) is 0.304. The maximum absolute atomic E-state index is 13.2. The summed E-state index contributed by atoms with van der Waals surface area (Å²) < 4.78 is 46.6. The Morgan fingerprint density at radius 2 is 1.94 bits per heavy atom. The molecule has 7 nitrogen and oxygen atoms in total. The van der Waals surface area contributed by atoms with E-state index in [0.717, 1.165) is 30.8 Å². The van der Waals surface area contributed by atoms with Gasteiger partial charge in [-0.3, -0.25) is 4.98 Å². The minimum absolute atomic E-state index is 0.186. The van der Waals surface area contributed by atoms with Gasteiger partial charge in [0.25, 0.3) is 5.95 Å². The van der Waals surface area contributed by atoms with Crippen molar-refractivity contribution in [2.75, 3.05) is 6.61 Å².